The maximum absolute atomic E-state index is 6.25. The number of hydrogen-bond acceptors (Lipinski definition) is 7. The van der Waals surface area contributed by atoms with Crippen molar-refractivity contribution in [3.05, 3.63) is 60.4 Å². The number of para-hydroxylation sites is 1. The van der Waals surface area contributed by atoms with Crippen molar-refractivity contribution in [2.75, 3.05) is 29.5 Å². The minimum atomic E-state index is 0.107. The summed E-state index contributed by atoms with van der Waals surface area (Å²) in [4.78, 5) is 16.3. The fourth-order valence-corrected chi connectivity index (χ4v) is 3.91. The Morgan fingerprint density at radius 3 is 2.74 bits per heavy atom. The second-order valence-electron chi connectivity index (χ2n) is 7.56. The van der Waals surface area contributed by atoms with Gasteiger partial charge >= 0.3 is 0 Å². The highest BCUT2D eigenvalue weighted by Crippen LogP contribution is 2.32. The van der Waals surface area contributed by atoms with Crippen LogP contribution in [-0.4, -0.2) is 47.4 Å². The second-order valence-corrected chi connectivity index (χ2v) is 7.56. The molecule has 1 saturated heterocycles. The number of benzene rings is 1. The average Bonchev–Trinajstić information content (AvgIpc) is 2.82. The molecule has 0 N–H and O–H groups in total. The molecule has 3 heterocycles. The standard InChI is InChI=1S/C24H28N6O/c1-4-30(25-3)24-18(2)23(27-22(28-24)19-10-8-14-26-16-19)29-15-9-13-21(17-29)31-20-11-6-5-7-12-20/h5-8,10-12,14,16,21H,3-4,9,13,15,17H2,1-2H3/t21-/m1/s1. The van der Waals surface area contributed by atoms with Crippen LogP contribution >= 0.6 is 0 Å². The number of piperidine rings is 1. The molecular weight excluding hydrogens is 388 g/mol. The van der Waals surface area contributed by atoms with Crippen LogP contribution in [0.2, 0.25) is 0 Å². The summed E-state index contributed by atoms with van der Waals surface area (Å²) in [7, 11) is 0. The molecule has 0 bridgehead atoms. The zero-order valence-corrected chi connectivity index (χ0v) is 18.1. The largest absolute Gasteiger partial charge is 0.489 e. The van der Waals surface area contributed by atoms with Crippen LogP contribution in [-0.2, 0) is 0 Å². The predicted molar refractivity (Wildman–Crippen MR) is 125 cm³/mol. The van der Waals surface area contributed by atoms with Crippen molar-refractivity contribution in [3.63, 3.8) is 0 Å². The molecule has 7 heteroatoms. The average molecular weight is 417 g/mol. The first kappa shape index (κ1) is 20.8. The van der Waals surface area contributed by atoms with E-state index < -0.39 is 0 Å². The van der Waals surface area contributed by atoms with E-state index in [1.54, 1.807) is 12.4 Å². The monoisotopic (exact) mass is 416 g/mol. The molecule has 0 spiro atoms. The Kier molecular flexibility index (Phi) is 6.40. The number of anilines is 2. The predicted octanol–water partition coefficient (Wildman–Crippen LogP) is 4.34. The lowest BCUT2D eigenvalue weighted by Crippen LogP contribution is -2.42. The Morgan fingerprint density at radius 2 is 2.03 bits per heavy atom. The van der Waals surface area contributed by atoms with Crippen LogP contribution < -0.4 is 14.6 Å². The van der Waals surface area contributed by atoms with Crippen LogP contribution in [0.15, 0.2) is 60.0 Å². The first-order valence-electron chi connectivity index (χ1n) is 10.7. The molecule has 3 aromatic rings. The Hall–Kier alpha value is -3.48. The van der Waals surface area contributed by atoms with Crippen LogP contribution in [0.3, 0.4) is 0 Å². The van der Waals surface area contributed by atoms with Crippen molar-refractivity contribution in [1.29, 1.82) is 0 Å². The Balaban J connectivity index is 1.69. The molecule has 4 rings (SSSR count). The van der Waals surface area contributed by atoms with Crippen molar-refractivity contribution in [2.45, 2.75) is 32.8 Å². The van der Waals surface area contributed by atoms with Gasteiger partial charge < -0.3 is 9.64 Å². The smallest absolute Gasteiger partial charge is 0.165 e. The lowest BCUT2D eigenvalue weighted by Gasteiger charge is -2.35. The third-order valence-corrected chi connectivity index (χ3v) is 5.45. The topological polar surface area (TPSA) is 66.7 Å². The molecule has 0 unspecified atom stereocenters. The fourth-order valence-electron chi connectivity index (χ4n) is 3.91. The highest BCUT2D eigenvalue weighted by Gasteiger charge is 2.26. The molecule has 0 radical (unpaired) electrons. The zero-order chi connectivity index (χ0) is 21.6. The summed E-state index contributed by atoms with van der Waals surface area (Å²) in [6.07, 6.45) is 5.70. The van der Waals surface area contributed by atoms with Crippen molar-refractivity contribution in [2.24, 2.45) is 5.10 Å². The van der Waals surface area contributed by atoms with E-state index >= 15 is 0 Å². The highest BCUT2D eigenvalue weighted by atomic mass is 16.5. The van der Waals surface area contributed by atoms with Gasteiger partial charge in [-0.3, -0.25) is 4.98 Å². The Morgan fingerprint density at radius 1 is 1.19 bits per heavy atom. The van der Waals surface area contributed by atoms with E-state index in [4.69, 9.17) is 14.7 Å². The SMILES string of the molecule is C=NN(CC)c1nc(-c2cccnc2)nc(N2CCC[C@@H](Oc3ccccc3)C2)c1C. The van der Waals surface area contributed by atoms with Gasteiger partial charge in [0.15, 0.2) is 11.6 Å². The van der Waals surface area contributed by atoms with Gasteiger partial charge in [0.25, 0.3) is 0 Å². The van der Waals surface area contributed by atoms with Gasteiger partial charge in [-0.2, -0.15) is 5.10 Å². The van der Waals surface area contributed by atoms with Crippen LogP contribution in [0.25, 0.3) is 11.4 Å². The van der Waals surface area contributed by atoms with Gasteiger partial charge in [0.1, 0.15) is 17.7 Å². The van der Waals surface area contributed by atoms with Gasteiger partial charge in [0.05, 0.1) is 6.54 Å². The van der Waals surface area contributed by atoms with Crippen molar-refractivity contribution >= 4 is 18.4 Å². The Bertz CT molecular complexity index is 1010. The minimum absolute atomic E-state index is 0.107. The van der Waals surface area contributed by atoms with Gasteiger partial charge in [-0.1, -0.05) is 18.2 Å². The summed E-state index contributed by atoms with van der Waals surface area (Å²) < 4.78 is 6.25. The fraction of sp³-hybridized carbons (Fsp3) is 0.333. The molecule has 0 saturated carbocycles. The lowest BCUT2D eigenvalue weighted by molar-refractivity contribution is 0.179. The van der Waals surface area contributed by atoms with Gasteiger partial charge in [-0.15, -0.1) is 0 Å². The van der Waals surface area contributed by atoms with Crippen LogP contribution in [0.4, 0.5) is 11.6 Å². The molecule has 0 amide bonds. The zero-order valence-electron chi connectivity index (χ0n) is 18.1. The van der Waals surface area contributed by atoms with Gasteiger partial charge in [-0.25, -0.2) is 15.0 Å². The van der Waals surface area contributed by atoms with E-state index in [9.17, 15) is 0 Å². The minimum Gasteiger partial charge on any atom is -0.489 e. The molecule has 2 aromatic heterocycles. The Labute approximate surface area is 183 Å². The van der Waals surface area contributed by atoms with Gasteiger partial charge in [0.2, 0.25) is 0 Å². The molecule has 1 aliphatic heterocycles. The molecule has 31 heavy (non-hydrogen) atoms. The van der Waals surface area contributed by atoms with E-state index in [2.05, 4.69) is 21.7 Å². The normalized spacial score (nSPS) is 16.1. The first-order chi connectivity index (χ1) is 15.2. The van der Waals surface area contributed by atoms with Crippen molar-refractivity contribution in [3.8, 4) is 17.1 Å². The van der Waals surface area contributed by atoms with Gasteiger partial charge in [-0.05, 0) is 51.0 Å². The van der Waals surface area contributed by atoms with E-state index in [1.165, 1.54) is 0 Å². The summed E-state index contributed by atoms with van der Waals surface area (Å²) in [5, 5.41) is 5.97. The van der Waals surface area contributed by atoms with E-state index in [-0.39, 0.29) is 6.10 Å². The molecule has 1 fully saturated rings. The number of pyridine rings is 1. The molecule has 7 nitrogen and oxygen atoms in total. The quantitative estimate of drug-likeness (QED) is 0.422. The highest BCUT2D eigenvalue weighted by molar-refractivity contribution is 5.66. The maximum atomic E-state index is 6.25. The number of nitrogens with zero attached hydrogens (tertiary/aromatic N) is 6. The van der Waals surface area contributed by atoms with Crippen molar-refractivity contribution < 1.29 is 4.74 Å². The van der Waals surface area contributed by atoms with E-state index in [1.807, 2.05) is 61.3 Å². The van der Waals surface area contributed by atoms with Crippen LogP contribution in [0.1, 0.15) is 25.3 Å². The number of rotatable bonds is 7. The second kappa shape index (κ2) is 9.55. The van der Waals surface area contributed by atoms with E-state index in [0.29, 0.717) is 12.4 Å². The van der Waals surface area contributed by atoms with Gasteiger partial charge in [0, 0.05) is 43.3 Å². The summed E-state index contributed by atoms with van der Waals surface area (Å²) in [5.74, 6) is 3.22. The third-order valence-electron chi connectivity index (χ3n) is 5.45. The molecule has 1 aliphatic rings. The van der Waals surface area contributed by atoms with E-state index in [0.717, 1.165) is 54.4 Å². The number of aromatic nitrogens is 3. The maximum Gasteiger partial charge on any atom is 0.165 e. The first-order valence-corrected chi connectivity index (χ1v) is 10.7. The molecule has 1 aromatic carbocycles. The van der Waals surface area contributed by atoms with Crippen molar-refractivity contribution in [1.82, 2.24) is 15.0 Å². The summed E-state index contributed by atoms with van der Waals surface area (Å²) in [6.45, 7) is 10.2. The molecular formula is C24H28N6O. The molecule has 1 atom stereocenters. The number of hydrazone groups is 1. The number of ether oxygens (including phenoxy) is 1. The summed E-state index contributed by atoms with van der Waals surface area (Å²) in [6, 6.07) is 13.9. The van der Waals surface area contributed by atoms with Crippen LogP contribution in [0.5, 0.6) is 5.75 Å². The molecule has 0 aliphatic carbocycles. The lowest BCUT2D eigenvalue weighted by atomic mass is 10.1. The third kappa shape index (κ3) is 4.66. The van der Waals surface area contributed by atoms with Crippen LogP contribution in [0, 0.1) is 6.92 Å². The summed E-state index contributed by atoms with van der Waals surface area (Å²) in [5.41, 5.74) is 1.86. The number of hydrogen-bond donors (Lipinski definition) is 0. The summed E-state index contributed by atoms with van der Waals surface area (Å²) >= 11 is 0. The molecule has 160 valence electrons.